The predicted octanol–water partition coefficient (Wildman–Crippen LogP) is 0.800. The van der Waals surface area contributed by atoms with Crippen molar-refractivity contribution in [3.05, 3.63) is 30.4 Å². The Morgan fingerprint density at radius 3 is 2.86 bits per heavy atom. The summed E-state index contributed by atoms with van der Waals surface area (Å²) in [6.07, 6.45) is 7.17. The van der Waals surface area contributed by atoms with Crippen molar-refractivity contribution in [1.82, 2.24) is 24.7 Å². The molecule has 0 spiro atoms. The van der Waals surface area contributed by atoms with E-state index in [0.29, 0.717) is 6.04 Å². The Bertz CT molecular complexity index is 661. The Hall–Kier alpha value is -2.35. The molecule has 4 heterocycles. The lowest BCUT2D eigenvalue weighted by Crippen LogP contribution is -2.47. The smallest absolute Gasteiger partial charge is 0.324 e. The fraction of sp³-hybridized carbons (Fsp3) is 0.500. The van der Waals surface area contributed by atoms with Crippen LogP contribution in [0.3, 0.4) is 0 Å². The number of hydrogen-bond donors (Lipinski definition) is 0. The van der Waals surface area contributed by atoms with Crippen LogP contribution in [0, 0.1) is 0 Å². The molecule has 4 rings (SSSR count). The first-order valence-electron chi connectivity index (χ1n) is 7.38. The highest BCUT2D eigenvalue weighted by Gasteiger charge is 2.31. The van der Waals surface area contributed by atoms with Crippen molar-refractivity contribution in [3.8, 4) is 0 Å². The van der Waals surface area contributed by atoms with Crippen molar-refractivity contribution in [1.29, 1.82) is 0 Å². The van der Waals surface area contributed by atoms with Crippen LogP contribution in [0.25, 0.3) is 0 Å². The van der Waals surface area contributed by atoms with E-state index in [1.54, 1.807) is 28.5 Å². The molecule has 8 heteroatoms. The highest BCUT2D eigenvalue weighted by Crippen LogP contribution is 2.26. The van der Waals surface area contributed by atoms with Crippen LogP contribution in [0.15, 0.2) is 29.4 Å². The largest absolute Gasteiger partial charge is 0.364 e. The summed E-state index contributed by atoms with van der Waals surface area (Å²) in [5.74, 6) is 0. The molecule has 0 aromatic carbocycles. The van der Waals surface area contributed by atoms with Gasteiger partial charge in [-0.15, -0.1) is 0 Å². The summed E-state index contributed by atoms with van der Waals surface area (Å²) >= 11 is 0. The number of nitrogens with zero attached hydrogens (tertiary/aromatic N) is 6. The molecule has 0 bridgehead atoms. The summed E-state index contributed by atoms with van der Waals surface area (Å²) in [4.78, 5) is 17.8. The third-order valence-corrected chi connectivity index (χ3v) is 4.32. The van der Waals surface area contributed by atoms with Gasteiger partial charge in [0.2, 0.25) is 0 Å². The molecule has 2 aliphatic rings. The highest BCUT2D eigenvalue weighted by molar-refractivity contribution is 5.93. The average Bonchev–Trinajstić information content (AvgIpc) is 3.18. The van der Waals surface area contributed by atoms with E-state index < -0.39 is 0 Å². The van der Waals surface area contributed by atoms with Gasteiger partial charge in [0.15, 0.2) is 0 Å². The number of likely N-dealkylation sites (tertiary alicyclic amines) is 1. The Morgan fingerprint density at radius 1 is 1.32 bits per heavy atom. The molecular weight excluding hydrogens is 284 g/mol. The van der Waals surface area contributed by atoms with Crippen molar-refractivity contribution < 1.29 is 9.32 Å². The average molecular weight is 302 g/mol. The molecule has 116 valence electrons. The molecule has 2 aromatic rings. The first-order valence-corrected chi connectivity index (χ1v) is 7.38. The lowest BCUT2D eigenvalue weighted by atomic mass is 10.1. The number of carbonyl (C=O) groups is 1. The molecule has 8 nitrogen and oxygen atoms in total. The molecule has 0 radical (unpaired) electrons. The van der Waals surface area contributed by atoms with Gasteiger partial charge >= 0.3 is 6.03 Å². The van der Waals surface area contributed by atoms with Crippen molar-refractivity contribution in [2.24, 2.45) is 0 Å². The van der Waals surface area contributed by atoms with Gasteiger partial charge < -0.3 is 9.42 Å². The second kappa shape index (κ2) is 5.13. The SMILES string of the molecule is CN1CCN(c2cnn(C3CN(Cc4cnoc4)C3)c2)C1=O. The number of aromatic nitrogens is 3. The standard InChI is InChI=1S/C14H18N6O2/c1-17-2-3-19(14(17)21)12-5-15-20(9-12)13-7-18(8-13)6-11-4-16-22-10-11/h4-5,9-10,13H,2-3,6-8H2,1H3. The summed E-state index contributed by atoms with van der Waals surface area (Å²) in [6.45, 7) is 4.23. The molecule has 22 heavy (non-hydrogen) atoms. The number of carbonyl (C=O) groups excluding carboxylic acids is 1. The van der Waals surface area contributed by atoms with Gasteiger partial charge in [0.05, 0.1) is 24.1 Å². The fourth-order valence-corrected chi connectivity index (χ4v) is 2.96. The van der Waals surface area contributed by atoms with E-state index in [1.807, 2.05) is 17.9 Å². The topological polar surface area (TPSA) is 70.6 Å². The quantitative estimate of drug-likeness (QED) is 0.835. The van der Waals surface area contributed by atoms with Crippen LogP contribution in [0.2, 0.25) is 0 Å². The second-order valence-electron chi connectivity index (χ2n) is 5.91. The molecule has 0 atom stereocenters. The Balaban J connectivity index is 1.36. The van der Waals surface area contributed by atoms with Crippen LogP contribution in [0.1, 0.15) is 11.6 Å². The third kappa shape index (κ3) is 2.25. The van der Waals surface area contributed by atoms with E-state index in [1.165, 1.54) is 0 Å². The van der Waals surface area contributed by atoms with E-state index in [4.69, 9.17) is 4.52 Å². The van der Waals surface area contributed by atoms with Crippen LogP contribution >= 0.6 is 0 Å². The fourth-order valence-electron chi connectivity index (χ4n) is 2.96. The Labute approximate surface area is 127 Å². The van der Waals surface area contributed by atoms with E-state index >= 15 is 0 Å². The zero-order valence-electron chi connectivity index (χ0n) is 12.4. The normalized spacial score (nSPS) is 20.0. The van der Waals surface area contributed by atoms with E-state index in [-0.39, 0.29) is 6.03 Å². The van der Waals surface area contributed by atoms with E-state index in [9.17, 15) is 4.79 Å². The number of hydrogen-bond acceptors (Lipinski definition) is 5. The van der Waals surface area contributed by atoms with Gasteiger partial charge in [0.25, 0.3) is 0 Å². The molecular formula is C14H18N6O2. The maximum absolute atomic E-state index is 12.0. The minimum atomic E-state index is 0.0437. The summed E-state index contributed by atoms with van der Waals surface area (Å²) in [6, 6.07) is 0.409. The number of rotatable bonds is 4. The maximum atomic E-state index is 12.0. The minimum absolute atomic E-state index is 0.0437. The summed E-state index contributed by atoms with van der Waals surface area (Å²) in [5, 5.41) is 8.13. The van der Waals surface area contributed by atoms with Gasteiger partial charge in [-0.3, -0.25) is 14.5 Å². The summed E-state index contributed by atoms with van der Waals surface area (Å²) in [7, 11) is 1.82. The molecule has 2 saturated heterocycles. The van der Waals surface area contributed by atoms with Gasteiger partial charge in [-0.1, -0.05) is 5.16 Å². The molecule has 0 N–H and O–H groups in total. The van der Waals surface area contributed by atoms with Gasteiger partial charge in [0, 0.05) is 51.5 Å². The van der Waals surface area contributed by atoms with Gasteiger partial charge in [0.1, 0.15) is 6.26 Å². The Morgan fingerprint density at radius 2 is 2.18 bits per heavy atom. The Kier molecular flexibility index (Phi) is 3.11. The molecule has 2 amide bonds. The zero-order chi connectivity index (χ0) is 15.1. The van der Waals surface area contributed by atoms with Crippen LogP contribution < -0.4 is 4.90 Å². The molecule has 0 saturated carbocycles. The lowest BCUT2D eigenvalue weighted by molar-refractivity contribution is 0.0907. The van der Waals surface area contributed by atoms with Gasteiger partial charge in [-0.25, -0.2) is 4.79 Å². The van der Waals surface area contributed by atoms with Crippen molar-refractivity contribution in [2.45, 2.75) is 12.6 Å². The molecule has 0 aliphatic carbocycles. The summed E-state index contributed by atoms with van der Waals surface area (Å²) < 4.78 is 6.80. The maximum Gasteiger partial charge on any atom is 0.324 e. The summed E-state index contributed by atoms with van der Waals surface area (Å²) in [5.41, 5.74) is 1.97. The van der Waals surface area contributed by atoms with E-state index in [2.05, 4.69) is 15.2 Å². The minimum Gasteiger partial charge on any atom is -0.364 e. The highest BCUT2D eigenvalue weighted by atomic mass is 16.5. The van der Waals surface area contributed by atoms with Crippen LogP contribution in [-0.4, -0.2) is 64.0 Å². The second-order valence-corrected chi connectivity index (χ2v) is 5.91. The zero-order valence-corrected chi connectivity index (χ0v) is 12.4. The number of urea groups is 1. The van der Waals surface area contributed by atoms with Crippen LogP contribution in [0.4, 0.5) is 10.5 Å². The molecule has 2 aliphatic heterocycles. The molecule has 2 fully saturated rings. The van der Waals surface area contributed by atoms with Gasteiger partial charge in [-0.2, -0.15) is 5.10 Å². The van der Waals surface area contributed by atoms with E-state index in [0.717, 1.165) is 44.0 Å². The van der Waals surface area contributed by atoms with Gasteiger partial charge in [-0.05, 0) is 0 Å². The van der Waals surface area contributed by atoms with Crippen molar-refractivity contribution >= 4 is 11.7 Å². The predicted molar refractivity (Wildman–Crippen MR) is 78.4 cm³/mol. The monoisotopic (exact) mass is 302 g/mol. The van der Waals surface area contributed by atoms with Crippen LogP contribution in [0.5, 0.6) is 0 Å². The lowest BCUT2D eigenvalue weighted by Gasteiger charge is -2.38. The van der Waals surface area contributed by atoms with Crippen molar-refractivity contribution in [2.75, 3.05) is 38.1 Å². The number of anilines is 1. The third-order valence-electron chi connectivity index (χ3n) is 4.32. The first-order chi connectivity index (χ1) is 10.7. The molecule has 0 unspecified atom stereocenters. The number of likely N-dealkylation sites (N-methyl/N-ethyl adjacent to an activating group) is 1. The number of amides is 2. The van der Waals surface area contributed by atoms with Crippen LogP contribution in [-0.2, 0) is 6.54 Å². The van der Waals surface area contributed by atoms with Crippen molar-refractivity contribution in [3.63, 3.8) is 0 Å². The molecule has 2 aromatic heterocycles. The first kappa shape index (κ1) is 13.3.